The van der Waals surface area contributed by atoms with Gasteiger partial charge >= 0.3 is 88.7 Å². The molecule has 12 rings (SSSR count). The number of aromatic hydroxyl groups is 3. The van der Waals surface area contributed by atoms with E-state index in [1.165, 1.54) is 36.4 Å². The molecule has 0 saturated carbocycles. The quantitative estimate of drug-likeness (QED) is 0.0807. The third-order valence-electron chi connectivity index (χ3n) is 12.6. The van der Waals surface area contributed by atoms with Crippen molar-refractivity contribution in [3.05, 3.63) is 211 Å². The third kappa shape index (κ3) is 13.3. The van der Waals surface area contributed by atoms with Gasteiger partial charge in [-0.1, -0.05) is 108 Å². The van der Waals surface area contributed by atoms with Crippen LogP contribution in [0.3, 0.4) is 0 Å². The number of aromatic nitrogens is 3. The summed E-state index contributed by atoms with van der Waals surface area (Å²) >= 11 is 17.7. The van der Waals surface area contributed by atoms with Crippen molar-refractivity contribution in [1.29, 1.82) is 0 Å². The maximum atomic E-state index is 12.5. The maximum absolute atomic E-state index is 12.5. The zero-order chi connectivity index (χ0) is 58.0. The van der Waals surface area contributed by atoms with Gasteiger partial charge in [-0.2, -0.15) is 0 Å². The predicted octanol–water partition coefficient (Wildman–Crippen LogP) is -0.180. The summed E-state index contributed by atoms with van der Waals surface area (Å²) in [4.78, 5) is 56.4. The minimum absolute atomic E-state index is 0. The third-order valence-corrected chi connectivity index (χ3v) is 15.9. The Morgan fingerprint density at radius 2 is 0.512 bits per heavy atom. The molecule has 0 atom stereocenters. The van der Waals surface area contributed by atoms with E-state index in [9.17, 15) is 68.6 Å². The van der Waals surface area contributed by atoms with Crippen molar-refractivity contribution in [2.24, 2.45) is 15.0 Å². The van der Waals surface area contributed by atoms with E-state index < -0.39 is 62.8 Å². The number of aliphatic imine (C=N–C) groups is 3. The molecule has 6 heterocycles. The number of hydrogen-bond donors (Lipinski definition) is 6. The van der Waals surface area contributed by atoms with Gasteiger partial charge in [-0.15, -0.1) is 0 Å². The molecule has 0 fully saturated rings. The first-order valence-electron chi connectivity index (χ1n) is 23.0. The number of benzene rings is 6. The van der Waals surface area contributed by atoms with E-state index in [0.29, 0.717) is 71.1 Å². The van der Waals surface area contributed by atoms with Gasteiger partial charge < -0.3 is 43.9 Å². The van der Waals surface area contributed by atoms with Gasteiger partial charge in [-0.25, -0.2) is 40.2 Å². The minimum Gasteiger partial charge on any atom is -0.744 e. The van der Waals surface area contributed by atoms with Crippen LogP contribution in [-0.2, 0) is 30.4 Å². The smallest absolute Gasteiger partial charge is 0.744 e. The molecule has 0 radical (unpaired) electrons. The molecule has 0 bridgehead atoms. The molecule has 30 heteroatoms. The van der Waals surface area contributed by atoms with Crippen molar-refractivity contribution in [3.8, 4) is 51.4 Å². The van der Waals surface area contributed by atoms with Gasteiger partial charge in [0.2, 0.25) is 0 Å². The molecule has 0 spiro atoms. The first-order valence-corrected chi connectivity index (χ1v) is 28.3. The summed E-state index contributed by atoms with van der Waals surface area (Å²) in [5, 5.41) is 32.7. The number of amides is 3. The van der Waals surface area contributed by atoms with E-state index in [0.717, 1.165) is 42.0 Å². The average Bonchev–Trinajstić information content (AvgIpc) is 2.88. The molecule has 3 aromatic heterocycles. The van der Waals surface area contributed by atoms with Crippen molar-refractivity contribution < 1.29 is 157 Å². The van der Waals surface area contributed by atoms with Crippen molar-refractivity contribution in [2.75, 3.05) is 0 Å². The van der Waals surface area contributed by atoms with Crippen LogP contribution in [0.1, 0.15) is 64.5 Å². The van der Waals surface area contributed by atoms with Crippen LogP contribution < -0.4 is 88.7 Å². The number of H-pyrrole nitrogens is 3. The maximum Gasteiger partial charge on any atom is 1.00 e. The van der Waals surface area contributed by atoms with E-state index in [1.54, 1.807) is 72.8 Å². The van der Waals surface area contributed by atoms with E-state index >= 15 is 0 Å². The standard InChI is InChI=1S/C18H10Cl2N2O2.C18H11ClN2O5S.C18H12N2O8S2.3Na/c19-11-5-1-9(2-6-11)15-13-14(18(24)21-15)16(22-17(13)23)10-3-7-12(20)8-4-10;19-11-5-1-9(2-6-11)15-13-14(18(23)20-15)16(21-17(13)22)10-3-7-12(8-4-10)27(24,25)26;21-17-13-14(16(20-17)10-3-7-12(8-4-10)30(26,27)28)18(22)19-15(13)9-1-5-11(6-2-9)29(23,24)25;;;/h1-8,21,24H;1-8,20,23H,(H,24,25,26);1-8,19,22H,(H,23,24,25)(H,26,27,28);;;/q;;;3*+1/p-3. The Morgan fingerprint density at radius 1 is 0.321 bits per heavy atom. The Hall–Kier alpha value is -5.82. The van der Waals surface area contributed by atoms with Crippen molar-refractivity contribution in [1.82, 2.24) is 15.0 Å². The zero-order valence-electron chi connectivity index (χ0n) is 43.3. The van der Waals surface area contributed by atoms with Gasteiger partial charge in [0.05, 0.1) is 82.3 Å². The first-order chi connectivity index (χ1) is 38.3. The fourth-order valence-electron chi connectivity index (χ4n) is 8.90. The largest absolute Gasteiger partial charge is 1.00 e. The first kappa shape index (κ1) is 65.7. The summed E-state index contributed by atoms with van der Waals surface area (Å²) in [6, 6.07) is 35.1. The fourth-order valence-corrected chi connectivity index (χ4v) is 10.7. The number of fused-ring (bicyclic) bond motifs is 3. The summed E-state index contributed by atoms with van der Waals surface area (Å²) in [6.07, 6.45) is 0. The molecule has 9 aromatic rings. The summed E-state index contributed by atoms with van der Waals surface area (Å²) in [7, 11) is -13.9. The summed E-state index contributed by atoms with van der Waals surface area (Å²) in [5.41, 5.74) is 6.23. The average molecular weight is 1270 g/mol. The van der Waals surface area contributed by atoms with Crippen LogP contribution in [0.15, 0.2) is 175 Å². The number of nitrogens with zero attached hydrogens (tertiary/aromatic N) is 3. The van der Waals surface area contributed by atoms with E-state index in [2.05, 4.69) is 29.9 Å². The van der Waals surface area contributed by atoms with Gasteiger partial charge in [-0.3, -0.25) is 14.4 Å². The van der Waals surface area contributed by atoms with Gasteiger partial charge in [0.15, 0.2) is 17.6 Å². The number of carbonyl (C=O) groups excluding carboxylic acids is 3. The number of rotatable bonds is 9. The molecular formula is C54H30Cl3N6Na3O15S3. The van der Waals surface area contributed by atoms with Crippen LogP contribution in [0.25, 0.3) is 33.8 Å². The van der Waals surface area contributed by atoms with Crippen molar-refractivity contribution >= 4 is 100 Å². The summed E-state index contributed by atoms with van der Waals surface area (Å²) in [5.74, 6) is -2.33. The van der Waals surface area contributed by atoms with Crippen LogP contribution in [0.2, 0.25) is 15.1 Å². The molecule has 6 N–H and O–H groups in total. The topological polar surface area (TPSA) is 368 Å². The molecule has 0 saturated heterocycles. The van der Waals surface area contributed by atoms with Crippen LogP contribution in [0.4, 0.5) is 0 Å². The van der Waals surface area contributed by atoms with E-state index in [1.807, 2.05) is 0 Å². The van der Waals surface area contributed by atoms with E-state index in [-0.39, 0.29) is 146 Å². The van der Waals surface area contributed by atoms with Crippen molar-refractivity contribution in [2.45, 2.75) is 14.7 Å². The van der Waals surface area contributed by atoms with Crippen LogP contribution in [0.5, 0.6) is 17.6 Å². The van der Waals surface area contributed by atoms with Crippen molar-refractivity contribution in [3.63, 3.8) is 0 Å². The zero-order valence-corrected chi connectivity index (χ0v) is 54.0. The molecule has 0 aliphatic carbocycles. The Balaban J connectivity index is 0.000000179. The van der Waals surface area contributed by atoms with Crippen LogP contribution in [0, 0.1) is 0 Å². The number of aromatic amines is 3. The second-order valence-electron chi connectivity index (χ2n) is 17.5. The SMILES string of the molecule is O=C1N=C(c2ccc(Cl)cc2)c2c(O)[nH]c(-c3ccc(Cl)cc3)c21.O=C1N=C(c2ccc(S(=O)(=O)[O-])cc2)c2c(O)[nH]c(-c3ccc(Cl)cc3)c21.O=C1N=C(c2ccc(S(=O)(=O)[O-])cc2)c2c(O)[nH]c(-c3ccc(S(=O)(=O)[O-])cc3)c21.[Na+].[Na+].[Na+]. The Bertz CT molecular complexity index is 4580. The van der Waals surface area contributed by atoms with Crippen LogP contribution >= 0.6 is 34.8 Å². The Labute approximate surface area is 557 Å². The monoisotopic (exact) mass is 1270 g/mol. The number of halogens is 3. The molecule has 3 amide bonds. The van der Waals surface area contributed by atoms with Gasteiger partial charge in [0.1, 0.15) is 30.4 Å². The van der Waals surface area contributed by atoms with Gasteiger partial charge in [-0.05, 0) is 89.5 Å². The predicted molar refractivity (Wildman–Crippen MR) is 292 cm³/mol. The molecule has 408 valence electrons. The molecule has 3 aliphatic heterocycles. The van der Waals surface area contributed by atoms with E-state index in [4.69, 9.17) is 34.8 Å². The fraction of sp³-hybridized carbons (Fsp3) is 0. The number of nitrogens with one attached hydrogen (secondary N) is 3. The number of hydrogen-bond acceptors (Lipinski definition) is 15. The Kier molecular flexibility index (Phi) is 20.1. The van der Waals surface area contributed by atoms with Gasteiger partial charge in [0.25, 0.3) is 17.7 Å². The second-order valence-corrected chi connectivity index (χ2v) is 23.0. The van der Waals surface area contributed by atoms with Gasteiger partial charge in [0, 0.05) is 31.8 Å². The minimum atomic E-state index is -4.65. The second kappa shape index (κ2) is 25.6. The normalized spacial score (nSPS) is 13.1. The van der Waals surface area contributed by atoms with Crippen LogP contribution in [-0.4, -0.2) is 104 Å². The Morgan fingerprint density at radius 3 is 0.726 bits per heavy atom. The molecule has 84 heavy (non-hydrogen) atoms. The summed E-state index contributed by atoms with van der Waals surface area (Å²) in [6.45, 7) is 0. The molecule has 6 aromatic carbocycles. The molecular weight excluding hydrogens is 1240 g/mol. The summed E-state index contributed by atoms with van der Waals surface area (Å²) < 4.78 is 99.6. The number of carbonyl (C=O) groups is 3. The molecule has 21 nitrogen and oxygen atoms in total. The molecule has 0 unspecified atom stereocenters. The molecule has 3 aliphatic rings.